The van der Waals surface area contributed by atoms with Gasteiger partial charge in [0.1, 0.15) is 0 Å². The molecule has 1 aliphatic heterocycles. The first-order valence-electron chi connectivity index (χ1n) is 4.12. The zero-order valence-electron chi connectivity index (χ0n) is 7.90. The molecule has 3 nitrogen and oxygen atoms in total. The van der Waals surface area contributed by atoms with Crippen LogP contribution in [0.4, 0.5) is 0 Å². The highest BCUT2D eigenvalue weighted by atomic mass is 35.5. The largest absolute Gasteiger partial charge is 0.477 e. The molecule has 0 amide bonds. The molecule has 0 saturated carbocycles. The third-order valence-corrected chi connectivity index (χ3v) is 2.08. The molecule has 1 aliphatic rings. The van der Waals surface area contributed by atoms with Crippen molar-refractivity contribution in [2.24, 2.45) is 5.73 Å². The number of aromatic nitrogens is 1. The Labute approximate surface area is 95.9 Å². The summed E-state index contributed by atoms with van der Waals surface area (Å²) in [6.07, 6.45) is 2.69. The fraction of sp³-hybridized carbons (Fsp3) is 0.444. The van der Waals surface area contributed by atoms with Gasteiger partial charge in [-0.05, 0) is 18.6 Å². The van der Waals surface area contributed by atoms with E-state index < -0.39 is 0 Å². The van der Waals surface area contributed by atoms with Crippen LogP contribution in [0, 0.1) is 6.92 Å². The van der Waals surface area contributed by atoms with Crippen LogP contribution in [0.15, 0.2) is 12.3 Å². The van der Waals surface area contributed by atoms with Crippen molar-refractivity contribution >= 4 is 24.8 Å². The Morgan fingerprint density at radius 2 is 2.21 bits per heavy atom. The Morgan fingerprint density at radius 1 is 1.50 bits per heavy atom. The fourth-order valence-corrected chi connectivity index (χ4v) is 1.40. The quantitative estimate of drug-likeness (QED) is 0.750. The number of nitrogens with two attached hydrogens (primary N) is 1. The number of hydrogen-bond acceptors (Lipinski definition) is 3. The highest BCUT2D eigenvalue weighted by Crippen LogP contribution is 2.28. The average molecular weight is 237 g/mol. The van der Waals surface area contributed by atoms with Gasteiger partial charge < -0.3 is 10.5 Å². The number of rotatable bonds is 0. The number of hydrogen-bond donors (Lipinski definition) is 1. The molecule has 14 heavy (non-hydrogen) atoms. The Morgan fingerprint density at radius 3 is 2.93 bits per heavy atom. The van der Waals surface area contributed by atoms with Gasteiger partial charge in [-0.1, -0.05) is 0 Å². The van der Waals surface area contributed by atoms with Crippen LogP contribution < -0.4 is 10.5 Å². The second-order valence-corrected chi connectivity index (χ2v) is 3.15. The van der Waals surface area contributed by atoms with Gasteiger partial charge in [-0.3, -0.25) is 0 Å². The molecule has 0 fully saturated rings. The van der Waals surface area contributed by atoms with Crippen LogP contribution in [0.3, 0.4) is 0 Å². The first-order valence-corrected chi connectivity index (χ1v) is 4.12. The van der Waals surface area contributed by atoms with Gasteiger partial charge in [0.2, 0.25) is 5.88 Å². The van der Waals surface area contributed by atoms with Crippen molar-refractivity contribution in [2.75, 3.05) is 6.61 Å². The zero-order chi connectivity index (χ0) is 8.55. The second kappa shape index (κ2) is 5.39. The standard InChI is InChI=1S/C9H12N2O.2ClH/c1-6-4-7-8(10)2-3-12-9(7)11-5-6;;/h4-5,8H,2-3,10H2,1H3;2*1H. The van der Waals surface area contributed by atoms with Gasteiger partial charge in [-0.25, -0.2) is 4.98 Å². The molecule has 0 aliphatic carbocycles. The van der Waals surface area contributed by atoms with Crippen LogP contribution in [0.1, 0.15) is 23.6 Å². The molecule has 1 aromatic rings. The minimum absolute atomic E-state index is 0. The van der Waals surface area contributed by atoms with Gasteiger partial charge in [0.25, 0.3) is 0 Å². The van der Waals surface area contributed by atoms with Crippen molar-refractivity contribution in [2.45, 2.75) is 19.4 Å². The molecule has 2 heterocycles. The van der Waals surface area contributed by atoms with E-state index in [1.54, 1.807) is 6.20 Å². The predicted octanol–water partition coefficient (Wildman–Crippen LogP) is 2.02. The molecule has 2 N–H and O–H groups in total. The third-order valence-electron chi connectivity index (χ3n) is 2.08. The summed E-state index contributed by atoms with van der Waals surface area (Å²) < 4.78 is 5.36. The molecule has 1 atom stereocenters. The molecule has 0 radical (unpaired) electrons. The number of pyridine rings is 1. The van der Waals surface area contributed by atoms with Gasteiger partial charge in [-0.2, -0.15) is 0 Å². The minimum Gasteiger partial charge on any atom is -0.477 e. The summed E-state index contributed by atoms with van der Waals surface area (Å²) in [5, 5.41) is 0. The van der Waals surface area contributed by atoms with E-state index in [2.05, 4.69) is 4.98 Å². The molecule has 5 heteroatoms. The predicted molar refractivity (Wildman–Crippen MR) is 60.5 cm³/mol. The highest BCUT2D eigenvalue weighted by molar-refractivity contribution is 5.85. The van der Waals surface area contributed by atoms with E-state index in [0.717, 1.165) is 17.5 Å². The zero-order valence-corrected chi connectivity index (χ0v) is 9.53. The number of ether oxygens (including phenoxy) is 1. The van der Waals surface area contributed by atoms with E-state index in [-0.39, 0.29) is 30.9 Å². The van der Waals surface area contributed by atoms with Crippen molar-refractivity contribution in [3.63, 3.8) is 0 Å². The topological polar surface area (TPSA) is 48.1 Å². The van der Waals surface area contributed by atoms with E-state index in [9.17, 15) is 0 Å². The summed E-state index contributed by atoms with van der Waals surface area (Å²) in [6, 6.07) is 2.15. The van der Waals surface area contributed by atoms with Gasteiger partial charge in [0, 0.05) is 24.2 Å². The smallest absolute Gasteiger partial charge is 0.218 e. The molecule has 0 bridgehead atoms. The monoisotopic (exact) mass is 236 g/mol. The van der Waals surface area contributed by atoms with Crippen LogP contribution in [0.25, 0.3) is 0 Å². The molecule has 0 spiro atoms. The van der Waals surface area contributed by atoms with Crippen LogP contribution >= 0.6 is 24.8 Å². The lowest BCUT2D eigenvalue weighted by molar-refractivity contribution is 0.257. The van der Waals surface area contributed by atoms with E-state index in [4.69, 9.17) is 10.5 Å². The van der Waals surface area contributed by atoms with E-state index in [1.165, 1.54) is 0 Å². The maximum atomic E-state index is 5.90. The Bertz CT molecular complexity index is 307. The molecule has 0 saturated heterocycles. The van der Waals surface area contributed by atoms with Gasteiger partial charge in [0.15, 0.2) is 0 Å². The highest BCUT2D eigenvalue weighted by Gasteiger charge is 2.18. The van der Waals surface area contributed by atoms with Gasteiger partial charge in [-0.15, -0.1) is 24.8 Å². The van der Waals surface area contributed by atoms with Gasteiger partial charge in [0.05, 0.1) is 6.61 Å². The lowest BCUT2D eigenvalue weighted by Crippen LogP contribution is -2.21. The summed E-state index contributed by atoms with van der Waals surface area (Å²) in [6.45, 7) is 2.69. The van der Waals surface area contributed by atoms with Crippen LogP contribution in [-0.4, -0.2) is 11.6 Å². The third kappa shape index (κ3) is 2.50. The Kier molecular flexibility index (Phi) is 5.19. The summed E-state index contributed by atoms with van der Waals surface area (Å²) in [7, 11) is 0. The van der Waals surface area contributed by atoms with Crippen molar-refractivity contribution in [3.8, 4) is 5.88 Å². The molecular weight excluding hydrogens is 223 g/mol. The SMILES string of the molecule is Cc1cnc2c(c1)C(N)CCO2.Cl.Cl. The number of halogens is 2. The summed E-state index contributed by atoms with van der Waals surface area (Å²) in [5.41, 5.74) is 8.07. The van der Waals surface area contributed by atoms with Crippen molar-refractivity contribution < 1.29 is 4.74 Å². The first kappa shape index (κ1) is 13.5. The average Bonchev–Trinajstić information content (AvgIpc) is 2.07. The van der Waals surface area contributed by atoms with E-state index in [0.29, 0.717) is 12.5 Å². The summed E-state index contributed by atoms with van der Waals surface area (Å²) >= 11 is 0. The fourth-order valence-electron chi connectivity index (χ4n) is 1.40. The maximum absolute atomic E-state index is 5.90. The van der Waals surface area contributed by atoms with Crippen LogP contribution in [0.5, 0.6) is 5.88 Å². The first-order chi connectivity index (χ1) is 5.77. The number of aryl methyl sites for hydroxylation is 1. The molecule has 1 unspecified atom stereocenters. The summed E-state index contributed by atoms with van der Waals surface area (Å²) in [4.78, 5) is 4.17. The van der Waals surface area contributed by atoms with E-state index >= 15 is 0 Å². The molecular formula is C9H14Cl2N2O. The van der Waals surface area contributed by atoms with Gasteiger partial charge >= 0.3 is 0 Å². The van der Waals surface area contributed by atoms with Crippen molar-refractivity contribution in [3.05, 3.63) is 23.4 Å². The molecule has 2 rings (SSSR count). The number of fused-ring (bicyclic) bond motifs is 1. The Balaban J connectivity index is 0.000000845. The lowest BCUT2D eigenvalue weighted by Gasteiger charge is -2.21. The number of nitrogens with zero attached hydrogens (tertiary/aromatic N) is 1. The maximum Gasteiger partial charge on any atom is 0.218 e. The summed E-state index contributed by atoms with van der Waals surface area (Å²) in [5.74, 6) is 0.708. The van der Waals surface area contributed by atoms with Crippen molar-refractivity contribution in [1.29, 1.82) is 0 Å². The minimum atomic E-state index is 0. The molecule has 0 aromatic carbocycles. The second-order valence-electron chi connectivity index (χ2n) is 3.15. The molecule has 80 valence electrons. The van der Waals surface area contributed by atoms with Crippen LogP contribution in [-0.2, 0) is 0 Å². The molecule has 1 aromatic heterocycles. The van der Waals surface area contributed by atoms with Crippen LogP contribution in [0.2, 0.25) is 0 Å². The van der Waals surface area contributed by atoms with Crippen molar-refractivity contribution in [1.82, 2.24) is 4.98 Å². The van der Waals surface area contributed by atoms with E-state index in [1.807, 2.05) is 13.0 Å². The lowest BCUT2D eigenvalue weighted by atomic mass is 10.0. The Hall–Kier alpha value is -0.510. The normalized spacial score (nSPS) is 18.3.